The van der Waals surface area contributed by atoms with Gasteiger partial charge in [0.25, 0.3) is 0 Å². The normalized spacial score (nSPS) is 12.6. The molecule has 2 aromatic rings. The molecule has 0 spiro atoms. The first-order valence-corrected chi connectivity index (χ1v) is 9.01. The smallest absolute Gasteiger partial charge is 0.220 e. The number of furan rings is 1. The Hall–Kier alpha value is -2.08. The monoisotopic (exact) mass is 346 g/mol. The average Bonchev–Trinajstić information content (AvgIpc) is 3.19. The van der Waals surface area contributed by atoms with Crippen LogP contribution in [0.4, 0.5) is 0 Å². The first-order chi connectivity index (χ1) is 12.0. The van der Waals surface area contributed by atoms with Crippen molar-refractivity contribution >= 4 is 5.91 Å². The molecule has 0 bridgehead atoms. The van der Waals surface area contributed by atoms with Crippen molar-refractivity contribution in [1.29, 1.82) is 0 Å². The van der Waals surface area contributed by atoms with Crippen molar-refractivity contribution in [3.8, 4) is 0 Å². The third-order valence-corrected chi connectivity index (χ3v) is 4.88. The molecule has 1 unspecified atom stereocenters. The van der Waals surface area contributed by atoms with Crippen LogP contribution in [0.3, 0.4) is 0 Å². The SMILES string of the molecule is CCN(CC)C(CNC(=O)CCc1c(C)nn(C)c1C)c1ccco1. The first-order valence-electron chi connectivity index (χ1n) is 9.01. The van der Waals surface area contributed by atoms with E-state index >= 15 is 0 Å². The molecular weight excluding hydrogens is 316 g/mol. The minimum absolute atomic E-state index is 0.0614. The highest BCUT2D eigenvalue weighted by molar-refractivity contribution is 5.76. The van der Waals surface area contributed by atoms with Crippen LogP contribution in [0.1, 0.15) is 49.0 Å². The third kappa shape index (κ3) is 4.72. The zero-order valence-corrected chi connectivity index (χ0v) is 16.0. The lowest BCUT2D eigenvalue weighted by Crippen LogP contribution is -2.38. The number of aryl methyl sites for hydroxylation is 2. The molecule has 0 aliphatic heterocycles. The highest BCUT2D eigenvalue weighted by Gasteiger charge is 2.21. The Morgan fingerprint density at radius 1 is 1.36 bits per heavy atom. The Bertz CT molecular complexity index is 672. The second-order valence-corrected chi connectivity index (χ2v) is 6.33. The van der Waals surface area contributed by atoms with Crippen LogP contribution in [0, 0.1) is 13.8 Å². The molecule has 138 valence electrons. The quantitative estimate of drug-likeness (QED) is 0.758. The summed E-state index contributed by atoms with van der Waals surface area (Å²) in [4.78, 5) is 14.6. The number of nitrogens with one attached hydrogen (secondary N) is 1. The number of likely N-dealkylation sites (N-methyl/N-ethyl adjacent to an activating group) is 1. The Morgan fingerprint density at radius 2 is 2.08 bits per heavy atom. The van der Waals surface area contributed by atoms with Gasteiger partial charge in [-0.2, -0.15) is 5.10 Å². The fourth-order valence-corrected chi connectivity index (χ4v) is 3.27. The van der Waals surface area contributed by atoms with Gasteiger partial charge >= 0.3 is 0 Å². The van der Waals surface area contributed by atoms with Gasteiger partial charge in [0.05, 0.1) is 18.0 Å². The Kier molecular flexibility index (Phi) is 6.82. The first kappa shape index (κ1) is 19.2. The van der Waals surface area contributed by atoms with E-state index in [2.05, 4.69) is 29.2 Å². The van der Waals surface area contributed by atoms with Gasteiger partial charge in [0.1, 0.15) is 5.76 Å². The molecule has 0 saturated carbocycles. The Balaban J connectivity index is 1.92. The summed E-state index contributed by atoms with van der Waals surface area (Å²) in [5, 5.41) is 7.48. The fourth-order valence-electron chi connectivity index (χ4n) is 3.27. The average molecular weight is 346 g/mol. The number of nitrogens with zero attached hydrogens (tertiary/aromatic N) is 3. The maximum absolute atomic E-state index is 12.3. The maximum Gasteiger partial charge on any atom is 0.220 e. The van der Waals surface area contributed by atoms with Crippen LogP contribution in [0.15, 0.2) is 22.8 Å². The lowest BCUT2D eigenvalue weighted by atomic mass is 10.1. The number of carbonyl (C=O) groups excluding carboxylic acids is 1. The summed E-state index contributed by atoms with van der Waals surface area (Å²) >= 11 is 0. The number of hydrogen-bond donors (Lipinski definition) is 1. The van der Waals surface area contributed by atoms with Crippen molar-refractivity contribution in [3.05, 3.63) is 41.1 Å². The summed E-state index contributed by atoms with van der Waals surface area (Å²) in [6.07, 6.45) is 2.87. The van der Waals surface area contributed by atoms with Crippen molar-refractivity contribution in [1.82, 2.24) is 20.0 Å². The minimum atomic E-state index is 0.0614. The van der Waals surface area contributed by atoms with Gasteiger partial charge in [0, 0.05) is 25.7 Å². The molecule has 1 amide bonds. The van der Waals surface area contributed by atoms with Gasteiger partial charge in [-0.05, 0) is 51.1 Å². The van der Waals surface area contributed by atoms with Crippen molar-refractivity contribution < 1.29 is 9.21 Å². The van der Waals surface area contributed by atoms with E-state index in [-0.39, 0.29) is 11.9 Å². The molecule has 0 aliphatic carbocycles. The number of rotatable bonds is 9. The second-order valence-electron chi connectivity index (χ2n) is 6.33. The number of amides is 1. The summed E-state index contributed by atoms with van der Waals surface area (Å²) in [5.74, 6) is 0.953. The van der Waals surface area contributed by atoms with Gasteiger partial charge in [0.15, 0.2) is 0 Å². The second kappa shape index (κ2) is 8.85. The van der Waals surface area contributed by atoms with Gasteiger partial charge in [-0.15, -0.1) is 0 Å². The molecule has 0 aromatic carbocycles. The molecule has 1 N–H and O–H groups in total. The van der Waals surface area contributed by atoms with E-state index in [1.165, 1.54) is 5.56 Å². The van der Waals surface area contributed by atoms with Crippen LogP contribution in [-0.4, -0.2) is 40.2 Å². The number of carbonyl (C=O) groups is 1. The van der Waals surface area contributed by atoms with E-state index in [1.54, 1.807) is 6.26 Å². The maximum atomic E-state index is 12.3. The van der Waals surface area contributed by atoms with Gasteiger partial charge < -0.3 is 9.73 Å². The highest BCUT2D eigenvalue weighted by atomic mass is 16.3. The number of hydrogen-bond acceptors (Lipinski definition) is 4. The molecule has 2 heterocycles. The van der Waals surface area contributed by atoms with Crippen molar-refractivity contribution in [3.63, 3.8) is 0 Å². The van der Waals surface area contributed by atoms with Crippen molar-refractivity contribution in [2.45, 2.75) is 46.6 Å². The topological polar surface area (TPSA) is 63.3 Å². The minimum Gasteiger partial charge on any atom is -0.468 e. The predicted molar refractivity (Wildman–Crippen MR) is 98.4 cm³/mol. The zero-order valence-electron chi connectivity index (χ0n) is 16.0. The Morgan fingerprint density at radius 3 is 2.60 bits per heavy atom. The van der Waals surface area contributed by atoms with Crippen molar-refractivity contribution in [2.75, 3.05) is 19.6 Å². The summed E-state index contributed by atoms with van der Waals surface area (Å²) in [7, 11) is 1.93. The Labute approximate surface area is 150 Å². The highest BCUT2D eigenvalue weighted by Crippen LogP contribution is 2.20. The number of aromatic nitrogens is 2. The van der Waals surface area contributed by atoms with Gasteiger partial charge in [0.2, 0.25) is 5.91 Å². The predicted octanol–water partition coefficient (Wildman–Crippen LogP) is 2.76. The standard InChI is InChI=1S/C19H30N4O2/c1-6-23(7-2)17(18-9-8-12-25-18)13-20-19(24)11-10-16-14(3)21-22(5)15(16)4/h8-9,12,17H,6-7,10-11,13H2,1-5H3,(H,20,24). The molecule has 1 atom stereocenters. The lowest BCUT2D eigenvalue weighted by Gasteiger charge is -2.28. The molecule has 0 aliphatic rings. The molecule has 25 heavy (non-hydrogen) atoms. The van der Waals surface area contributed by atoms with Crippen LogP contribution in [-0.2, 0) is 18.3 Å². The van der Waals surface area contributed by atoms with E-state index < -0.39 is 0 Å². The lowest BCUT2D eigenvalue weighted by molar-refractivity contribution is -0.121. The van der Waals surface area contributed by atoms with Crippen LogP contribution in [0.25, 0.3) is 0 Å². The molecule has 2 rings (SSSR count). The van der Waals surface area contributed by atoms with Gasteiger partial charge in [-0.3, -0.25) is 14.4 Å². The van der Waals surface area contributed by atoms with Crippen LogP contribution in [0.5, 0.6) is 0 Å². The van der Waals surface area contributed by atoms with Crippen molar-refractivity contribution in [2.24, 2.45) is 7.05 Å². The fraction of sp³-hybridized carbons (Fsp3) is 0.579. The largest absolute Gasteiger partial charge is 0.468 e. The molecular formula is C19H30N4O2. The van der Waals surface area contributed by atoms with Gasteiger partial charge in [-0.25, -0.2) is 0 Å². The zero-order chi connectivity index (χ0) is 18.4. The van der Waals surface area contributed by atoms with E-state index in [0.29, 0.717) is 19.4 Å². The van der Waals surface area contributed by atoms with Crippen LogP contribution < -0.4 is 5.32 Å². The van der Waals surface area contributed by atoms with E-state index in [4.69, 9.17) is 4.42 Å². The molecule has 0 radical (unpaired) electrons. The molecule has 0 fully saturated rings. The summed E-state index contributed by atoms with van der Waals surface area (Å²) in [6.45, 7) is 10.6. The third-order valence-electron chi connectivity index (χ3n) is 4.88. The molecule has 0 saturated heterocycles. The molecule has 2 aromatic heterocycles. The van der Waals surface area contributed by atoms with Crippen LogP contribution >= 0.6 is 0 Å². The van der Waals surface area contributed by atoms with Gasteiger partial charge in [-0.1, -0.05) is 13.8 Å². The van der Waals surface area contributed by atoms with E-state index in [0.717, 1.165) is 30.2 Å². The van der Waals surface area contributed by atoms with E-state index in [1.807, 2.05) is 37.7 Å². The van der Waals surface area contributed by atoms with E-state index in [9.17, 15) is 4.79 Å². The molecule has 6 heteroatoms. The molecule has 6 nitrogen and oxygen atoms in total. The summed E-state index contributed by atoms with van der Waals surface area (Å²) in [6, 6.07) is 3.93. The summed E-state index contributed by atoms with van der Waals surface area (Å²) < 4.78 is 7.44. The summed E-state index contributed by atoms with van der Waals surface area (Å²) in [5.41, 5.74) is 3.30. The van der Waals surface area contributed by atoms with Crippen LogP contribution in [0.2, 0.25) is 0 Å².